The minimum absolute atomic E-state index is 0.500. The zero-order valence-corrected chi connectivity index (χ0v) is 9.94. The molecule has 0 unspecified atom stereocenters. The van der Waals surface area contributed by atoms with Gasteiger partial charge >= 0.3 is 0 Å². The van der Waals surface area contributed by atoms with Crippen LogP contribution < -0.4 is 4.74 Å². The van der Waals surface area contributed by atoms with Crippen LogP contribution in [-0.2, 0) is 4.74 Å². The highest BCUT2D eigenvalue weighted by Crippen LogP contribution is 2.48. The molecule has 2 nitrogen and oxygen atoms in total. The quantitative estimate of drug-likeness (QED) is 0.840. The minimum atomic E-state index is 0.500. The van der Waals surface area contributed by atoms with Crippen molar-refractivity contribution in [2.24, 2.45) is 11.8 Å². The predicted octanol–water partition coefficient (Wildman–Crippen LogP) is 2.86. The molecule has 2 fully saturated rings. The highest BCUT2D eigenvalue weighted by Gasteiger charge is 2.54. The summed E-state index contributed by atoms with van der Waals surface area (Å²) in [5.41, 5.74) is 0. The molecule has 80 valence electrons. The fraction of sp³-hybridized carbons (Fsp3) is 0.500. The van der Waals surface area contributed by atoms with Crippen LogP contribution >= 0.6 is 15.9 Å². The molecule has 3 atom stereocenters. The molecule has 1 heterocycles. The van der Waals surface area contributed by atoms with Crippen molar-refractivity contribution in [3.8, 4) is 5.75 Å². The molecule has 1 saturated heterocycles. The molecule has 1 saturated carbocycles. The van der Waals surface area contributed by atoms with Crippen LogP contribution in [0.3, 0.4) is 0 Å². The van der Waals surface area contributed by atoms with E-state index in [1.165, 1.54) is 6.42 Å². The van der Waals surface area contributed by atoms with Crippen LogP contribution in [-0.4, -0.2) is 19.3 Å². The van der Waals surface area contributed by atoms with Crippen molar-refractivity contribution in [1.29, 1.82) is 0 Å². The lowest BCUT2D eigenvalue weighted by molar-refractivity contribution is 0.123. The summed E-state index contributed by atoms with van der Waals surface area (Å²) >= 11 is 3.40. The highest BCUT2D eigenvalue weighted by molar-refractivity contribution is 9.10. The van der Waals surface area contributed by atoms with E-state index in [-0.39, 0.29) is 0 Å². The Morgan fingerprint density at radius 2 is 2.13 bits per heavy atom. The van der Waals surface area contributed by atoms with Crippen molar-refractivity contribution in [3.05, 3.63) is 28.7 Å². The summed E-state index contributed by atoms with van der Waals surface area (Å²) in [6, 6.07) is 7.98. The Hall–Kier alpha value is -0.540. The molecule has 1 aliphatic carbocycles. The van der Waals surface area contributed by atoms with Crippen molar-refractivity contribution >= 4 is 15.9 Å². The van der Waals surface area contributed by atoms with Gasteiger partial charge in [0.15, 0.2) is 0 Å². The second kappa shape index (κ2) is 3.80. The SMILES string of the molecule is Brc1ccc(OC[C@@H]2[C@H]3CCO[C@@H]32)cc1. The number of fused-ring (bicyclic) bond motifs is 1. The fourth-order valence-electron chi connectivity index (χ4n) is 2.32. The van der Waals surface area contributed by atoms with Crippen LogP contribution in [0.15, 0.2) is 28.7 Å². The third kappa shape index (κ3) is 1.91. The molecule has 1 aromatic carbocycles. The Balaban J connectivity index is 1.52. The van der Waals surface area contributed by atoms with Crippen LogP contribution in [0.25, 0.3) is 0 Å². The number of rotatable bonds is 3. The summed E-state index contributed by atoms with van der Waals surface area (Å²) in [6.45, 7) is 1.75. The molecular formula is C12H13BrO2. The van der Waals surface area contributed by atoms with Gasteiger partial charge in [0.05, 0.1) is 12.7 Å². The first-order valence-electron chi connectivity index (χ1n) is 5.34. The highest BCUT2D eigenvalue weighted by atomic mass is 79.9. The maximum atomic E-state index is 5.72. The van der Waals surface area contributed by atoms with E-state index in [0.717, 1.165) is 29.4 Å². The summed E-state index contributed by atoms with van der Waals surface area (Å²) in [7, 11) is 0. The lowest BCUT2D eigenvalue weighted by Gasteiger charge is -2.07. The average Bonchev–Trinajstić information content (AvgIpc) is 2.71. The Labute approximate surface area is 97.7 Å². The predicted molar refractivity (Wildman–Crippen MR) is 61.0 cm³/mol. The van der Waals surface area contributed by atoms with Gasteiger partial charge in [0.2, 0.25) is 0 Å². The summed E-state index contributed by atoms with van der Waals surface area (Å²) in [5.74, 6) is 2.37. The van der Waals surface area contributed by atoms with Crippen molar-refractivity contribution in [2.75, 3.05) is 13.2 Å². The number of hydrogen-bond donors (Lipinski definition) is 0. The first-order chi connectivity index (χ1) is 7.34. The molecule has 0 spiro atoms. The number of hydrogen-bond acceptors (Lipinski definition) is 2. The van der Waals surface area contributed by atoms with Gasteiger partial charge < -0.3 is 9.47 Å². The zero-order chi connectivity index (χ0) is 10.3. The standard InChI is InChI=1S/C12H13BrO2/c13-8-1-3-9(4-2-8)15-7-11-10-5-6-14-12(10)11/h1-4,10-12H,5-7H2/t10-,11-,12+/m1/s1. The van der Waals surface area contributed by atoms with E-state index in [4.69, 9.17) is 9.47 Å². The molecule has 3 heteroatoms. The number of halogens is 1. The molecule has 3 rings (SSSR count). The monoisotopic (exact) mass is 268 g/mol. The van der Waals surface area contributed by atoms with Crippen LogP contribution in [0.4, 0.5) is 0 Å². The van der Waals surface area contributed by atoms with Gasteiger partial charge in [0.1, 0.15) is 5.75 Å². The minimum Gasteiger partial charge on any atom is -0.493 e. The molecule has 15 heavy (non-hydrogen) atoms. The number of benzene rings is 1. The largest absolute Gasteiger partial charge is 0.493 e. The second-order valence-electron chi connectivity index (χ2n) is 4.22. The molecule has 0 N–H and O–H groups in total. The summed E-state index contributed by atoms with van der Waals surface area (Å²) in [4.78, 5) is 0. The maximum absolute atomic E-state index is 5.72. The fourth-order valence-corrected chi connectivity index (χ4v) is 2.58. The van der Waals surface area contributed by atoms with Gasteiger partial charge in [-0.2, -0.15) is 0 Å². The van der Waals surface area contributed by atoms with Gasteiger partial charge in [0, 0.05) is 17.0 Å². The van der Waals surface area contributed by atoms with E-state index in [1.54, 1.807) is 0 Å². The number of ether oxygens (including phenoxy) is 2. The smallest absolute Gasteiger partial charge is 0.119 e. The normalized spacial score (nSPS) is 32.5. The molecule has 0 aromatic heterocycles. The van der Waals surface area contributed by atoms with Crippen molar-refractivity contribution in [2.45, 2.75) is 12.5 Å². The molecule has 0 amide bonds. The second-order valence-corrected chi connectivity index (χ2v) is 5.13. The topological polar surface area (TPSA) is 18.5 Å². The first-order valence-corrected chi connectivity index (χ1v) is 6.14. The lowest BCUT2D eigenvalue weighted by atomic mass is 10.2. The Bertz CT molecular complexity index is 339. The van der Waals surface area contributed by atoms with E-state index in [2.05, 4.69) is 15.9 Å². The van der Waals surface area contributed by atoms with Crippen molar-refractivity contribution in [1.82, 2.24) is 0 Å². The van der Waals surface area contributed by atoms with Gasteiger partial charge in [-0.05, 0) is 36.6 Å². The van der Waals surface area contributed by atoms with E-state index < -0.39 is 0 Å². The van der Waals surface area contributed by atoms with Crippen LogP contribution in [0, 0.1) is 11.8 Å². The van der Waals surface area contributed by atoms with E-state index >= 15 is 0 Å². The van der Waals surface area contributed by atoms with Crippen molar-refractivity contribution in [3.63, 3.8) is 0 Å². The van der Waals surface area contributed by atoms with Crippen LogP contribution in [0.5, 0.6) is 5.75 Å². The Kier molecular flexibility index (Phi) is 2.45. The molecule has 2 aliphatic rings. The van der Waals surface area contributed by atoms with Gasteiger partial charge in [-0.25, -0.2) is 0 Å². The summed E-state index contributed by atoms with van der Waals surface area (Å²) < 4.78 is 12.4. The third-order valence-electron chi connectivity index (χ3n) is 3.27. The Morgan fingerprint density at radius 1 is 1.33 bits per heavy atom. The molecule has 1 aliphatic heterocycles. The van der Waals surface area contributed by atoms with Crippen LogP contribution in [0.2, 0.25) is 0 Å². The molecule has 0 bridgehead atoms. The Morgan fingerprint density at radius 3 is 2.80 bits per heavy atom. The maximum Gasteiger partial charge on any atom is 0.119 e. The average molecular weight is 269 g/mol. The van der Waals surface area contributed by atoms with Gasteiger partial charge in [-0.15, -0.1) is 0 Å². The molecular weight excluding hydrogens is 256 g/mol. The molecule has 0 radical (unpaired) electrons. The lowest BCUT2D eigenvalue weighted by Crippen LogP contribution is -2.07. The van der Waals surface area contributed by atoms with Crippen LogP contribution in [0.1, 0.15) is 6.42 Å². The van der Waals surface area contributed by atoms with E-state index in [1.807, 2.05) is 24.3 Å². The van der Waals surface area contributed by atoms with E-state index in [9.17, 15) is 0 Å². The van der Waals surface area contributed by atoms with Gasteiger partial charge in [-0.3, -0.25) is 0 Å². The van der Waals surface area contributed by atoms with E-state index in [0.29, 0.717) is 12.0 Å². The van der Waals surface area contributed by atoms with Gasteiger partial charge in [-0.1, -0.05) is 15.9 Å². The molecule has 1 aromatic rings. The third-order valence-corrected chi connectivity index (χ3v) is 3.80. The van der Waals surface area contributed by atoms with Gasteiger partial charge in [0.25, 0.3) is 0 Å². The van der Waals surface area contributed by atoms with Crippen molar-refractivity contribution < 1.29 is 9.47 Å². The summed E-state index contributed by atoms with van der Waals surface area (Å²) in [5, 5.41) is 0. The zero-order valence-electron chi connectivity index (χ0n) is 8.36. The first kappa shape index (κ1) is 9.67. The summed E-state index contributed by atoms with van der Waals surface area (Å²) in [6.07, 6.45) is 1.72.